The van der Waals surface area contributed by atoms with Crippen molar-refractivity contribution in [3.05, 3.63) is 52.2 Å². The number of benzene rings is 1. The van der Waals surface area contributed by atoms with Crippen molar-refractivity contribution in [3.8, 4) is 5.75 Å². The Morgan fingerprint density at radius 1 is 1.21 bits per heavy atom. The summed E-state index contributed by atoms with van der Waals surface area (Å²) in [7, 11) is 0. The van der Waals surface area contributed by atoms with E-state index < -0.39 is 6.61 Å². The van der Waals surface area contributed by atoms with Gasteiger partial charge in [-0.15, -0.1) is 11.3 Å². The number of para-hydroxylation sites is 1. The van der Waals surface area contributed by atoms with Crippen LogP contribution >= 0.6 is 11.3 Å². The zero-order chi connectivity index (χ0) is 13.7. The van der Waals surface area contributed by atoms with Crippen molar-refractivity contribution in [2.45, 2.75) is 19.1 Å². The summed E-state index contributed by atoms with van der Waals surface area (Å²) in [5.74, 6) is 5.68. The van der Waals surface area contributed by atoms with Gasteiger partial charge in [0, 0.05) is 16.9 Å². The highest BCUT2D eigenvalue weighted by Crippen LogP contribution is 2.29. The topological polar surface area (TPSA) is 47.3 Å². The summed E-state index contributed by atoms with van der Waals surface area (Å²) in [6.07, 6.45) is 0.623. The van der Waals surface area contributed by atoms with Gasteiger partial charge in [-0.25, -0.2) is 0 Å². The molecule has 1 aromatic carbocycles. The maximum Gasteiger partial charge on any atom is 0.387 e. The first kappa shape index (κ1) is 13.9. The Labute approximate surface area is 114 Å². The van der Waals surface area contributed by atoms with Crippen LogP contribution in [0.2, 0.25) is 0 Å². The summed E-state index contributed by atoms with van der Waals surface area (Å²) in [5.41, 5.74) is 3.28. The van der Waals surface area contributed by atoms with Gasteiger partial charge in [0.2, 0.25) is 0 Å². The standard InChI is InChI=1S/C13H14F2N2OS/c14-13(15)18-12-6-2-1-5-10(12)11(17-16)8-9-4-3-7-19-9/h1-7,11,13,17H,8,16H2. The number of hydrazine groups is 1. The molecule has 1 unspecified atom stereocenters. The van der Waals surface area contributed by atoms with E-state index in [0.29, 0.717) is 12.0 Å². The number of nitrogens with two attached hydrogens (primary N) is 1. The maximum atomic E-state index is 12.4. The van der Waals surface area contributed by atoms with Crippen LogP contribution in [0.5, 0.6) is 5.75 Å². The lowest BCUT2D eigenvalue weighted by Gasteiger charge is -2.19. The van der Waals surface area contributed by atoms with Gasteiger partial charge in [-0.05, 0) is 17.5 Å². The lowest BCUT2D eigenvalue weighted by molar-refractivity contribution is -0.0507. The summed E-state index contributed by atoms with van der Waals surface area (Å²) in [4.78, 5) is 1.12. The number of halogens is 2. The van der Waals surface area contributed by atoms with E-state index in [1.54, 1.807) is 29.5 Å². The van der Waals surface area contributed by atoms with Gasteiger partial charge in [0.15, 0.2) is 0 Å². The van der Waals surface area contributed by atoms with Crippen LogP contribution in [0.3, 0.4) is 0 Å². The fraction of sp³-hybridized carbons (Fsp3) is 0.231. The zero-order valence-corrected chi connectivity index (χ0v) is 10.9. The van der Waals surface area contributed by atoms with E-state index >= 15 is 0 Å². The van der Waals surface area contributed by atoms with Gasteiger partial charge in [-0.1, -0.05) is 24.3 Å². The van der Waals surface area contributed by atoms with Crippen molar-refractivity contribution in [2.24, 2.45) is 5.84 Å². The molecule has 3 nitrogen and oxygen atoms in total. The van der Waals surface area contributed by atoms with E-state index in [-0.39, 0.29) is 11.8 Å². The molecule has 19 heavy (non-hydrogen) atoms. The Bertz CT molecular complexity index is 505. The van der Waals surface area contributed by atoms with Crippen molar-refractivity contribution in [2.75, 3.05) is 0 Å². The largest absolute Gasteiger partial charge is 0.434 e. The highest BCUT2D eigenvalue weighted by Gasteiger charge is 2.17. The Morgan fingerprint density at radius 2 is 2.00 bits per heavy atom. The van der Waals surface area contributed by atoms with Crippen LogP contribution in [0.15, 0.2) is 41.8 Å². The van der Waals surface area contributed by atoms with Crippen molar-refractivity contribution < 1.29 is 13.5 Å². The van der Waals surface area contributed by atoms with E-state index in [9.17, 15) is 8.78 Å². The normalized spacial score (nSPS) is 12.6. The third-order valence-corrected chi connectivity index (χ3v) is 3.60. The monoisotopic (exact) mass is 284 g/mol. The number of thiophene rings is 1. The van der Waals surface area contributed by atoms with Crippen LogP contribution in [0.25, 0.3) is 0 Å². The van der Waals surface area contributed by atoms with Crippen LogP contribution in [0, 0.1) is 0 Å². The molecule has 1 heterocycles. The molecule has 0 amide bonds. The fourth-order valence-electron chi connectivity index (χ4n) is 1.86. The SMILES string of the molecule is NNC(Cc1cccs1)c1ccccc1OC(F)F. The van der Waals surface area contributed by atoms with Crippen molar-refractivity contribution in [1.29, 1.82) is 0 Å². The molecule has 0 bridgehead atoms. The number of hydrogen-bond donors (Lipinski definition) is 2. The predicted molar refractivity (Wildman–Crippen MR) is 71.2 cm³/mol. The van der Waals surface area contributed by atoms with Gasteiger partial charge in [0.05, 0.1) is 6.04 Å². The lowest BCUT2D eigenvalue weighted by atomic mass is 10.0. The Hall–Kier alpha value is -1.50. The first-order valence-electron chi connectivity index (χ1n) is 5.73. The molecule has 102 valence electrons. The minimum absolute atomic E-state index is 0.150. The third-order valence-electron chi connectivity index (χ3n) is 2.70. The number of rotatable bonds is 6. The highest BCUT2D eigenvalue weighted by atomic mass is 32.1. The van der Waals surface area contributed by atoms with Gasteiger partial charge in [-0.2, -0.15) is 8.78 Å². The van der Waals surface area contributed by atoms with E-state index in [2.05, 4.69) is 10.2 Å². The van der Waals surface area contributed by atoms with E-state index in [1.807, 2.05) is 17.5 Å². The molecular formula is C13H14F2N2OS. The van der Waals surface area contributed by atoms with Crippen molar-refractivity contribution in [1.82, 2.24) is 5.43 Å². The minimum atomic E-state index is -2.85. The van der Waals surface area contributed by atoms with Gasteiger partial charge in [-0.3, -0.25) is 11.3 Å². The summed E-state index contributed by atoms with van der Waals surface area (Å²) in [6, 6.07) is 10.3. The smallest absolute Gasteiger partial charge is 0.387 e. The summed E-state index contributed by atoms with van der Waals surface area (Å²) in [6.45, 7) is -2.85. The molecule has 0 aliphatic rings. The molecule has 2 aromatic rings. The molecule has 3 N–H and O–H groups in total. The second kappa shape index (κ2) is 6.60. The molecule has 2 rings (SSSR count). The second-order valence-electron chi connectivity index (χ2n) is 3.92. The molecule has 0 spiro atoms. The highest BCUT2D eigenvalue weighted by molar-refractivity contribution is 7.09. The van der Waals surface area contributed by atoms with E-state index in [4.69, 9.17) is 5.84 Å². The zero-order valence-electron chi connectivity index (χ0n) is 10.1. The summed E-state index contributed by atoms with van der Waals surface area (Å²) >= 11 is 1.60. The summed E-state index contributed by atoms with van der Waals surface area (Å²) in [5, 5.41) is 1.96. The average molecular weight is 284 g/mol. The molecule has 0 fully saturated rings. The third kappa shape index (κ3) is 3.73. The molecule has 6 heteroatoms. The Kier molecular flexibility index (Phi) is 4.84. The number of hydrogen-bond acceptors (Lipinski definition) is 4. The number of alkyl halides is 2. The minimum Gasteiger partial charge on any atom is -0.434 e. The van der Waals surface area contributed by atoms with E-state index in [0.717, 1.165) is 4.88 Å². The first-order chi connectivity index (χ1) is 9.20. The van der Waals surface area contributed by atoms with Crippen LogP contribution in [0.1, 0.15) is 16.5 Å². The van der Waals surface area contributed by atoms with Gasteiger partial charge in [0.25, 0.3) is 0 Å². The van der Waals surface area contributed by atoms with Crippen LogP contribution in [-0.4, -0.2) is 6.61 Å². The van der Waals surface area contributed by atoms with Gasteiger partial charge < -0.3 is 4.74 Å². The molecule has 0 aliphatic carbocycles. The molecule has 0 saturated carbocycles. The average Bonchev–Trinajstić information content (AvgIpc) is 2.89. The van der Waals surface area contributed by atoms with Crippen LogP contribution < -0.4 is 16.0 Å². The second-order valence-corrected chi connectivity index (χ2v) is 4.95. The Balaban J connectivity index is 2.22. The van der Waals surface area contributed by atoms with E-state index in [1.165, 1.54) is 6.07 Å². The number of nitrogens with one attached hydrogen (secondary N) is 1. The van der Waals surface area contributed by atoms with Crippen LogP contribution in [-0.2, 0) is 6.42 Å². The quantitative estimate of drug-likeness (QED) is 0.633. The number of ether oxygens (including phenoxy) is 1. The fourth-order valence-corrected chi connectivity index (χ4v) is 2.61. The molecule has 0 saturated heterocycles. The molecule has 1 aromatic heterocycles. The van der Waals surface area contributed by atoms with Crippen LogP contribution in [0.4, 0.5) is 8.78 Å². The molecule has 0 radical (unpaired) electrons. The van der Waals surface area contributed by atoms with Crippen molar-refractivity contribution >= 4 is 11.3 Å². The lowest BCUT2D eigenvalue weighted by Crippen LogP contribution is -2.30. The molecular weight excluding hydrogens is 270 g/mol. The van der Waals surface area contributed by atoms with Gasteiger partial charge in [0.1, 0.15) is 5.75 Å². The summed E-state index contributed by atoms with van der Waals surface area (Å²) < 4.78 is 29.3. The predicted octanol–water partition coefficient (Wildman–Crippen LogP) is 3.10. The van der Waals surface area contributed by atoms with Gasteiger partial charge >= 0.3 is 6.61 Å². The maximum absolute atomic E-state index is 12.4. The molecule has 1 atom stereocenters. The van der Waals surface area contributed by atoms with Crippen molar-refractivity contribution in [3.63, 3.8) is 0 Å². The molecule has 0 aliphatic heterocycles. The Morgan fingerprint density at radius 3 is 2.63 bits per heavy atom. The first-order valence-corrected chi connectivity index (χ1v) is 6.61.